The fourth-order valence-electron chi connectivity index (χ4n) is 6.27. The fourth-order valence-corrected chi connectivity index (χ4v) is 7.58. The summed E-state index contributed by atoms with van der Waals surface area (Å²) in [5.74, 6) is -1.81. The molecule has 2 aliphatic carbocycles. The number of aromatic nitrogens is 3. The first-order chi connectivity index (χ1) is 21.7. The van der Waals surface area contributed by atoms with E-state index in [1.807, 2.05) is 6.07 Å². The number of para-hydroxylation sites is 1. The number of nitrogens with one attached hydrogen (secondary N) is 2. The Labute approximate surface area is 261 Å². The first-order valence-corrected chi connectivity index (χ1v) is 16.7. The number of hydrogen-bond donors (Lipinski definition) is 4. The molecule has 4 N–H and O–H groups in total. The summed E-state index contributed by atoms with van der Waals surface area (Å²) in [6, 6.07) is 15.5. The molecule has 2 aliphatic rings. The molecule has 3 aromatic carbocycles. The quantitative estimate of drug-likeness (QED) is 0.191. The number of phenolic OH excluding ortho intramolecular Hbond substituents is 2. The maximum absolute atomic E-state index is 14.3. The molecular weight excluding hydrogens is 596 g/mol. The van der Waals surface area contributed by atoms with Crippen LogP contribution in [-0.2, 0) is 26.2 Å². The van der Waals surface area contributed by atoms with Crippen LogP contribution in [0.15, 0.2) is 71.6 Å². The van der Waals surface area contributed by atoms with E-state index in [1.54, 1.807) is 18.2 Å². The lowest BCUT2D eigenvalue weighted by Gasteiger charge is -2.32. The number of aromatic hydroxyl groups is 2. The SMILES string of the molecule is O=C(NC1CCCC1)C(c1ccc(O)c(O)c1)N(C(=O)Cn1nnc2ccccc21)c1ccc(S(=O)(=O)NC2CCCC2)cc1. The standard InChI is InChI=1S/C32H36N6O6S/c39-28-18-13-21(19-29(28)40)31(32(42)33-22-7-1-2-8-22)38(30(41)20-37-27-12-6-5-11-26(27)34-36-37)24-14-16-25(17-15-24)45(43,44)35-23-9-3-4-10-23/h5-6,11-19,22-23,31,35,39-40H,1-4,7-10,20H2,(H,33,42). The van der Waals surface area contributed by atoms with Gasteiger partial charge in [-0.25, -0.2) is 17.8 Å². The maximum Gasteiger partial charge on any atom is 0.249 e. The van der Waals surface area contributed by atoms with Crippen LogP contribution < -0.4 is 14.9 Å². The third-order valence-electron chi connectivity index (χ3n) is 8.60. The number of hydrogen-bond acceptors (Lipinski definition) is 8. The lowest BCUT2D eigenvalue weighted by atomic mass is 10.0. The lowest BCUT2D eigenvalue weighted by Crippen LogP contribution is -2.47. The van der Waals surface area contributed by atoms with E-state index in [2.05, 4.69) is 20.4 Å². The van der Waals surface area contributed by atoms with Gasteiger partial charge in [0.05, 0.1) is 10.4 Å². The number of amides is 2. The Morgan fingerprint density at radius 3 is 2.24 bits per heavy atom. The van der Waals surface area contributed by atoms with Gasteiger partial charge in [0, 0.05) is 17.8 Å². The van der Waals surface area contributed by atoms with E-state index in [4.69, 9.17) is 0 Å². The minimum Gasteiger partial charge on any atom is -0.504 e. The number of anilines is 1. The molecule has 236 valence electrons. The van der Waals surface area contributed by atoms with E-state index < -0.39 is 33.6 Å². The van der Waals surface area contributed by atoms with Crippen LogP contribution in [0.4, 0.5) is 5.69 Å². The number of benzene rings is 3. The van der Waals surface area contributed by atoms with Gasteiger partial charge in [0.2, 0.25) is 21.8 Å². The zero-order chi connectivity index (χ0) is 31.6. The molecule has 4 aromatic rings. The molecule has 1 heterocycles. The molecule has 0 saturated heterocycles. The predicted octanol–water partition coefficient (Wildman–Crippen LogP) is 3.90. The number of carbonyl (C=O) groups is 2. The summed E-state index contributed by atoms with van der Waals surface area (Å²) in [5.41, 5.74) is 1.75. The van der Waals surface area contributed by atoms with Crippen LogP contribution in [0.5, 0.6) is 11.5 Å². The van der Waals surface area contributed by atoms with E-state index in [9.17, 15) is 28.2 Å². The molecule has 0 radical (unpaired) electrons. The summed E-state index contributed by atoms with van der Waals surface area (Å²) in [4.78, 5) is 29.7. The summed E-state index contributed by atoms with van der Waals surface area (Å²) < 4.78 is 30.5. The highest BCUT2D eigenvalue weighted by atomic mass is 32.2. The normalized spacial score (nSPS) is 16.6. The Morgan fingerprint density at radius 1 is 0.889 bits per heavy atom. The number of carbonyl (C=O) groups excluding carboxylic acids is 2. The molecule has 0 spiro atoms. The topological polar surface area (TPSA) is 167 Å². The second-order valence-electron chi connectivity index (χ2n) is 11.7. The summed E-state index contributed by atoms with van der Waals surface area (Å²) in [6.45, 7) is -0.277. The van der Waals surface area contributed by atoms with Crippen molar-refractivity contribution < 1.29 is 28.2 Å². The van der Waals surface area contributed by atoms with Gasteiger partial charge in [0.25, 0.3) is 0 Å². The van der Waals surface area contributed by atoms with Crippen molar-refractivity contribution in [2.24, 2.45) is 0 Å². The molecule has 6 rings (SSSR count). The molecule has 2 amide bonds. The summed E-state index contributed by atoms with van der Waals surface area (Å²) in [6.07, 6.45) is 7.08. The number of sulfonamides is 1. The van der Waals surface area contributed by atoms with Gasteiger partial charge >= 0.3 is 0 Å². The van der Waals surface area contributed by atoms with Crippen LogP contribution >= 0.6 is 0 Å². The molecule has 45 heavy (non-hydrogen) atoms. The molecule has 1 atom stereocenters. The molecule has 13 heteroatoms. The third kappa shape index (κ3) is 6.64. The van der Waals surface area contributed by atoms with Crippen LogP contribution in [0.3, 0.4) is 0 Å². The summed E-state index contributed by atoms with van der Waals surface area (Å²) >= 11 is 0. The van der Waals surface area contributed by atoms with Crippen LogP contribution in [0.1, 0.15) is 63.0 Å². The number of nitrogens with zero attached hydrogens (tertiary/aromatic N) is 4. The molecule has 1 unspecified atom stereocenters. The Morgan fingerprint density at radius 2 is 1.56 bits per heavy atom. The van der Waals surface area contributed by atoms with Crippen molar-refractivity contribution in [3.05, 3.63) is 72.3 Å². The van der Waals surface area contributed by atoms with Gasteiger partial charge in [-0.1, -0.05) is 49.1 Å². The van der Waals surface area contributed by atoms with Gasteiger partial charge < -0.3 is 15.5 Å². The van der Waals surface area contributed by atoms with Gasteiger partial charge in [-0.05, 0) is 79.8 Å². The van der Waals surface area contributed by atoms with Crippen LogP contribution in [0.2, 0.25) is 0 Å². The first kappa shape index (κ1) is 30.5. The number of rotatable bonds is 10. The zero-order valence-corrected chi connectivity index (χ0v) is 25.5. The van der Waals surface area contributed by atoms with Gasteiger partial charge in [0.1, 0.15) is 18.1 Å². The van der Waals surface area contributed by atoms with Crippen molar-refractivity contribution in [2.75, 3.05) is 4.90 Å². The average molecular weight is 633 g/mol. The Balaban J connectivity index is 1.40. The van der Waals surface area contributed by atoms with Gasteiger partial charge in [-0.2, -0.15) is 0 Å². The number of fused-ring (bicyclic) bond motifs is 1. The largest absolute Gasteiger partial charge is 0.504 e. The van der Waals surface area contributed by atoms with E-state index in [0.717, 1.165) is 51.4 Å². The molecule has 2 fully saturated rings. The predicted molar refractivity (Wildman–Crippen MR) is 167 cm³/mol. The summed E-state index contributed by atoms with van der Waals surface area (Å²) in [7, 11) is -3.80. The first-order valence-electron chi connectivity index (χ1n) is 15.2. The van der Waals surface area contributed by atoms with Gasteiger partial charge in [-0.15, -0.1) is 5.10 Å². The second-order valence-corrected chi connectivity index (χ2v) is 13.5. The van der Waals surface area contributed by atoms with Crippen LogP contribution in [0, 0.1) is 0 Å². The highest BCUT2D eigenvalue weighted by Crippen LogP contribution is 2.35. The summed E-state index contributed by atoms with van der Waals surface area (Å²) in [5, 5.41) is 31.8. The van der Waals surface area contributed by atoms with E-state index in [-0.39, 0.29) is 40.5 Å². The molecule has 0 aliphatic heterocycles. The maximum atomic E-state index is 14.3. The van der Waals surface area contributed by atoms with E-state index in [0.29, 0.717) is 11.0 Å². The Bertz CT molecular complexity index is 1800. The van der Waals surface area contributed by atoms with E-state index >= 15 is 0 Å². The molecule has 1 aromatic heterocycles. The van der Waals surface area contributed by atoms with Gasteiger partial charge in [0.15, 0.2) is 11.5 Å². The van der Waals surface area contributed by atoms with Crippen LogP contribution in [0.25, 0.3) is 11.0 Å². The van der Waals surface area contributed by atoms with Crippen LogP contribution in [-0.4, -0.2) is 57.5 Å². The van der Waals surface area contributed by atoms with Crippen molar-refractivity contribution in [2.45, 2.75) is 80.9 Å². The second kappa shape index (κ2) is 12.9. The minimum absolute atomic E-state index is 0.0436. The molecule has 2 saturated carbocycles. The molecular formula is C32H36N6O6S. The molecule has 12 nitrogen and oxygen atoms in total. The fraction of sp³-hybridized carbons (Fsp3) is 0.375. The zero-order valence-electron chi connectivity index (χ0n) is 24.7. The van der Waals surface area contributed by atoms with Gasteiger partial charge in [-0.3, -0.25) is 14.5 Å². The minimum atomic E-state index is -3.80. The van der Waals surface area contributed by atoms with Crippen molar-refractivity contribution in [1.29, 1.82) is 0 Å². The van der Waals surface area contributed by atoms with Crippen molar-refractivity contribution in [3.63, 3.8) is 0 Å². The Kier molecular flexibility index (Phi) is 8.72. The highest BCUT2D eigenvalue weighted by molar-refractivity contribution is 7.89. The number of phenols is 2. The van der Waals surface area contributed by atoms with Crippen molar-refractivity contribution in [3.8, 4) is 11.5 Å². The molecule has 0 bridgehead atoms. The Hall–Kier alpha value is -4.49. The average Bonchev–Trinajstić information content (AvgIpc) is 3.81. The lowest BCUT2D eigenvalue weighted by molar-refractivity contribution is -0.127. The van der Waals surface area contributed by atoms with Crippen molar-refractivity contribution >= 4 is 38.6 Å². The van der Waals surface area contributed by atoms with Crippen molar-refractivity contribution in [1.82, 2.24) is 25.0 Å². The van der Waals surface area contributed by atoms with E-state index in [1.165, 1.54) is 52.0 Å². The monoisotopic (exact) mass is 632 g/mol. The highest BCUT2D eigenvalue weighted by Gasteiger charge is 2.35. The smallest absolute Gasteiger partial charge is 0.249 e. The third-order valence-corrected chi connectivity index (χ3v) is 10.1.